The summed E-state index contributed by atoms with van der Waals surface area (Å²) in [6.45, 7) is 0. The predicted molar refractivity (Wildman–Crippen MR) is 77.6 cm³/mol. The van der Waals surface area contributed by atoms with E-state index in [4.69, 9.17) is 0 Å². The Hall–Kier alpha value is -2.63. The normalized spacial score (nSPS) is 12.5. The largest absolute Gasteiger partial charge is 0.416 e. The number of hydrogen-bond donors (Lipinski definition) is 0. The molecule has 0 atom stereocenters. The molecule has 0 bridgehead atoms. The Morgan fingerprint density at radius 1 is 0.955 bits per heavy atom. The number of aryl methyl sites for hydroxylation is 1. The lowest BCUT2D eigenvalue weighted by atomic mass is 10.1. The van der Waals surface area contributed by atoms with Gasteiger partial charge in [-0.05, 0) is 24.3 Å². The van der Waals surface area contributed by atoms with Crippen molar-refractivity contribution in [2.24, 2.45) is 7.05 Å². The highest BCUT2D eigenvalue weighted by Crippen LogP contribution is 2.34. The summed E-state index contributed by atoms with van der Waals surface area (Å²) in [4.78, 5) is 8.93. The van der Waals surface area contributed by atoms with Crippen molar-refractivity contribution >= 4 is 21.9 Å². The molecule has 2 aliphatic heterocycles. The second-order valence-electron chi connectivity index (χ2n) is 5.17. The number of hydrogen-bond acceptors (Lipinski definition) is 2. The summed E-state index contributed by atoms with van der Waals surface area (Å²) in [5.41, 5.74) is 1.62. The Bertz CT molecular complexity index is 985. The van der Waals surface area contributed by atoms with E-state index in [1.807, 2.05) is 24.3 Å². The topological polar surface area (TPSA) is 30.7 Å². The maximum absolute atomic E-state index is 12.9. The number of para-hydroxylation sites is 1. The van der Waals surface area contributed by atoms with Crippen molar-refractivity contribution in [2.75, 3.05) is 0 Å². The molecular weight excluding hydrogens is 291 g/mol. The van der Waals surface area contributed by atoms with Crippen LogP contribution in [-0.4, -0.2) is 14.5 Å². The zero-order valence-corrected chi connectivity index (χ0v) is 11.5. The van der Waals surface area contributed by atoms with Crippen LogP contribution in [0, 0.1) is 0 Å². The zero-order chi connectivity index (χ0) is 15.5. The summed E-state index contributed by atoms with van der Waals surface area (Å²) in [6, 6.07) is 11.1. The molecular formula is C16H10F3N3. The minimum Gasteiger partial charge on any atom is -0.326 e. The molecule has 0 unspecified atom stereocenters. The highest BCUT2D eigenvalue weighted by molar-refractivity contribution is 5.97. The number of rotatable bonds is 0. The molecule has 0 saturated heterocycles. The number of alkyl halides is 3. The molecule has 0 fully saturated rings. The van der Waals surface area contributed by atoms with E-state index in [0.29, 0.717) is 22.6 Å². The Balaban J connectivity index is 2.13. The van der Waals surface area contributed by atoms with E-state index in [0.717, 1.165) is 23.0 Å². The van der Waals surface area contributed by atoms with Crippen molar-refractivity contribution in [1.29, 1.82) is 0 Å². The van der Waals surface area contributed by atoms with Crippen molar-refractivity contribution in [3.63, 3.8) is 0 Å². The molecule has 3 nitrogen and oxygen atoms in total. The summed E-state index contributed by atoms with van der Waals surface area (Å²) in [5, 5.41) is 0.840. The predicted octanol–water partition coefficient (Wildman–Crippen LogP) is 4.25. The summed E-state index contributed by atoms with van der Waals surface area (Å²) in [5.74, 6) is 0.661. The van der Waals surface area contributed by atoms with Crippen molar-refractivity contribution in [3.8, 4) is 11.5 Å². The van der Waals surface area contributed by atoms with E-state index in [-0.39, 0.29) is 0 Å². The van der Waals surface area contributed by atoms with Gasteiger partial charge in [-0.15, -0.1) is 0 Å². The number of aromatic nitrogens is 3. The molecule has 2 aromatic carbocycles. The molecule has 2 heterocycles. The quantitative estimate of drug-likeness (QED) is 0.486. The highest BCUT2D eigenvalue weighted by atomic mass is 19.4. The Morgan fingerprint density at radius 3 is 2.50 bits per heavy atom. The molecule has 22 heavy (non-hydrogen) atoms. The summed E-state index contributed by atoms with van der Waals surface area (Å²) >= 11 is 0. The van der Waals surface area contributed by atoms with Crippen LogP contribution in [0.3, 0.4) is 0 Å². The van der Waals surface area contributed by atoms with Gasteiger partial charge in [0.15, 0.2) is 5.82 Å². The molecule has 0 amide bonds. The lowest BCUT2D eigenvalue weighted by Crippen LogP contribution is -2.07. The van der Waals surface area contributed by atoms with Gasteiger partial charge >= 0.3 is 6.18 Å². The molecule has 0 radical (unpaired) electrons. The fourth-order valence-corrected chi connectivity index (χ4v) is 2.71. The van der Waals surface area contributed by atoms with Crippen molar-refractivity contribution in [3.05, 3.63) is 48.0 Å². The van der Waals surface area contributed by atoms with Gasteiger partial charge in [0.1, 0.15) is 5.69 Å². The molecule has 0 spiro atoms. The first kappa shape index (κ1) is 13.1. The molecule has 6 heteroatoms. The first-order valence-corrected chi connectivity index (χ1v) is 6.67. The van der Waals surface area contributed by atoms with Crippen LogP contribution in [0.2, 0.25) is 0 Å². The van der Waals surface area contributed by atoms with Crippen LogP contribution >= 0.6 is 0 Å². The van der Waals surface area contributed by atoms with Crippen molar-refractivity contribution in [2.45, 2.75) is 6.18 Å². The number of benzene rings is 2. The van der Waals surface area contributed by atoms with Gasteiger partial charge in [-0.25, -0.2) is 9.97 Å². The fraction of sp³-hybridized carbons (Fsp3) is 0.125. The number of nitrogens with zero attached hydrogens (tertiary/aromatic N) is 3. The van der Waals surface area contributed by atoms with Gasteiger partial charge in [-0.1, -0.05) is 18.2 Å². The first-order valence-electron chi connectivity index (χ1n) is 6.67. The molecule has 0 aliphatic carbocycles. The van der Waals surface area contributed by atoms with Gasteiger partial charge < -0.3 is 4.57 Å². The van der Waals surface area contributed by atoms with Gasteiger partial charge in [0, 0.05) is 12.4 Å². The molecule has 4 rings (SSSR count). The second-order valence-corrected chi connectivity index (χ2v) is 5.17. The van der Waals surface area contributed by atoms with Gasteiger partial charge in [0.25, 0.3) is 0 Å². The van der Waals surface area contributed by atoms with Gasteiger partial charge in [-0.2, -0.15) is 13.2 Å². The standard InChI is InChI=1S/C16H10F3N3/c1-22-13-7-6-9(16(17,18)19)8-12(13)20-14-10-4-2-3-5-11(10)21-15(14)22/h2-8H,1H3. The summed E-state index contributed by atoms with van der Waals surface area (Å²) < 4.78 is 40.4. The second kappa shape index (κ2) is 4.19. The monoisotopic (exact) mass is 301 g/mol. The van der Waals surface area contributed by atoms with E-state index in [9.17, 15) is 13.2 Å². The molecule has 0 aromatic heterocycles. The van der Waals surface area contributed by atoms with Gasteiger partial charge in [0.2, 0.25) is 0 Å². The lowest BCUT2D eigenvalue weighted by molar-refractivity contribution is -0.137. The van der Waals surface area contributed by atoms with Gasteiger partial charge in [-0.3, -0.25) is 0 Å². The van der Waals surface area contributed by atoms with Crippen molar-refractivity contribution in [1.82, 2.24) is 14.5 Å². The Labute approximate surface area is 123 Å². The Kier molecular flexibility index (Phi) is 2.49. The molecule has 0 saturated carbocycles. The van der Waals surface area contributed by atoms with Crippen LogP contribution < -0.4 is 0 Å². The lowest BCUT2D eigenvalue weighted by Gasteiger charge is -2.12. The van der Waals surface area contributed by atoms with E-state index in [2.05, 4.69) is 9.97 Å². The minimum absolute atomic E-state index is 0.308. The smallest absolute Gasteiger partial charge is 0.326 e. The van der Waals surface area contributed by atoms with Gasteiger partial charge in [0.05, 0.1) is 22.1 Å². The van der Waals surface area contributed by atoms with E-state index >= 15 is 0 Å². The minimum atomic E-state index is -4.38. The van der Waals surface area contributed by atoms with Crippen LogP contribution in [-0.2, 0) is 13.2 Å². The number of halogens is 3. The molecule has 2 aliphatic rings. The van der Waals surface area contributed by atoms with E-state index < -0.39 is 11.7 Å². The Morgan fingerprint density at radius 2 is 1.73 bits per heavy atom. The van der Waals surface area contributed by atoms with E-state index in [1.165, 1.54) is 6.07 Å². The third-order valence-corrected chi connectivity index (χ3v) is 3.81. The van der Waals surface area contributed by atoms with Crippen LogP contribution in [0.1, 0.15) is 5.56 Å². The number of fused-ring (bicyclic) bond motifs is 4. The van der Waals surface area contributed by atoms with Crippen molar-refractivity contribution < 1.29 is 13.2 Å². The SMILES string of the molecule is Cn1c2nc3ccccc3c-2nc2cc(C(F)(F)F)ccc21. The fourth-order valence-electron chi connectivity index (χ4n) is 2.71. The summed E-state index contributed by atoms with van der Waals surface area (Å²) in [6.07, 6.45) is -4.38. The maximum Gasteiger partial charge on any atom is 0.416 e. The van der Waals surface area contributed by atoms with Crippen LogP contribution in [0.5, 0.6) is 0 Å². The average Bonchev–Trinajstić information content (AvgIpc) is 2.85. The van der Waals surface area contributed by atoms with E-state index in [1.54, 1.807) is 11.6 Å². The third-order valence-electron chi connectivity index (χ3n) is 3.81. The first-order chi connectivity index (χ1) is 10.4. The zero-order valence-electron chi connectivity index (χ0n) is 11.5. The highest BCUT2D eigenvalue weighted by Gasteiger charge is 2.31. The average molecular weight is 301 g/mol. The molecule has 2 aromatic rings. The third kappa shape index (κ3) is 1.76. The summed E-state index contributed by atoms with van der Waals surface area (Å²) in [7, 11) is 1.78. The molecule has 0 N–H and O–H groups in total. The maximum atomic E-state index is 12.9. The molecule has 110 valence electrons. The van der Waals surface area contributed by atoms with Crippen LogP contribution in [0.15, 0.2) is 42.5 Å². The van der Waals surface area contributed by atoms with Crippen LogP contribution in [0.4, 0.5) is 13.2 Å². The van der Waals surface area contributed by atoms with Crippen LogP contribution in [0.25, 0.3) is 33.5 Å².